The number of hydrogen-bond acceptors (Lipinski definition) is 5. The quantitative estimate of drug-likeness (QED) is 0.713. The third kappa shape index (κ3) is 4.31. The summed E-state index contributed by atoms with van der Waals surface area (Å²) in [6.07, 6.45) is 4.99. The summed E-state index contributed by atoms with van der Waals surface area (Å²) in [5.74, 6) is 0.0485. The van der Waals surface area contributed by atoms with E-state index in [1.54, 1.807) is 31.3 Å². The molecule has 27 heavy (non-hydrogen) atoms. The second kappa shape index (κ2) is 8.06. The van der Waals surface area contributed by atoms with Gasteiger partial charge < -0.3 is 5.32 Å². The molecular weight excluding hydrogens is 386 g/mol. The summed E-state index contributed by atoms with van der Waals surface area (Å²) in [7, 11) is -5.19. The highest BCUT2D eigenvalue weighted by atomic mass is 32.2. The SMILES string of the molecule is CCCCN(C)S(=O)(=O)c1ccc(NC2NS(=O)(=O)C3CCCCC23)cc1. The summed E-state index contributed by atoms with van der Waals surface area (Å²) in [5.41, 5.74) is 0.712. The Kier molecular flexibility index (Phi) is 6.14. The second-order valence-corrected chi connectivity index (χ2v) is 11.5. The van der Waals surface area contributed by atoms with E-state index >= 15 is 0 Å². The lowest BCUT2D eigenvalue weighted by Gasteiger charge is -2.27. The van der Waals surface area contributed by atoms with E-state index in [2.05, 4.69) is 10.0 Å². The third-order valence-corrected chi connectivity index (χ3v) is 9.42. The molecule has 0 bridgehead atoms. The first-order valence-corrected chi connectivity index (χ1v) is 12.6. The average Bonchev–Trinajstić information content (AvgIpc) is 2.90. The number of nitrogens with zero attached hydrogens (tertiary/aromatic N) is 1. The minimum absolute atomic E-state index is 0.0485. The zero-order valence-corrected chi connectivity index (χ0v) is 17.5. The van der Waals surface area contributed by atoms with Gasteiger partial charge in [0.2, 0.25) is 20.0 Å². The molecule has 0 aromatic heterocycles. The Bertz CT molecular complexity index is 853. The molecule has 1 heterocycles. The van der Waals surface area contributed by atoms with Crippen LogP contribution in [0.4, 0.5) is 5.69 Å². The highest BCUT2D eigenvalue weighted by Gasteiger charge is 2.47. The smallest absolute Gasteiger partial charge is 0.242 e. The Balaban J connectivity index is 1.71. The highest BCUT2D eigenvalue weighted by molar-refractivity contribution is 7.90. The average molecular weight is 416 g/mol. The molecule has 2 aliphatic rings. The van der Waals surface area contributed by atoms with Crippen molar-refractivity contribution in [1.82, 2.24) is 9.03 Å². The lowest BCUT2D eigenvalue weighted by molar-refractivity contribution is 0.342. The van der Waals surface area contributed by atoms with Gasteiger partial charge in [-0.2, -0.15) is 4.72 Å². The number of rotatable bonds is 7. The van der Waals surface area contributed by atoms with Crippen LogP contribution in [0.25, 0.3) is 0 Å². The Morgan fingerprint density at radius 2 is 1.85 bits per heavy atom. The molecule has 3 rings (SSSR count). The van der Waals surface area contributed by atoms with Gasteiger partial charge in [-0.05, 0) is 43.5 Å². The van der Waals surface area contributed by atoms with E-state index < -0.39 is 20.0 Å². The van der Waals surface area contributed by atoms with E-state index in [1.807, 2.05) is 6.92 Å². The first kappa shape index (κ1) is 20.6. The molecule has 2 fully saturated rings. The van der Waals surface area contributed by atoms with Gasteiger partial charge in [0.1, 0.15) is 0 Å². The minimum atomic E-state index is -3.50. The molecule has 1 saturated carbocycles. The van der Waals surface area contributed by atoms with Gasteiger partial charge in [0, 0.05) is 25.2 Å². The Morgan fingerprint density at radius 3 is 2.52 bits per heavy atom. The standard InChI is InChI=1S/C18H29N3O4S2/c1-3-4-13-21(2)27(24,25)15-11-9-14(10-12-15)19-18-16-7-5-6-8-17(16)26(22,23)20-18/h9-12,16-20H,3-8,13H2,1-2H3. The molecule has 0 radical (unpaired) electrons. The van der Waals surface area contributed by atoms with Crippen LogP contribution in [0.3, 0.4) is 0 Å². The van der Waals surface area contributed by atoms with Crippen molar-refractivity contribution < 1.29 is 16.8 Å². The van der Waals surface area contributed by atoms with Crippen molar-refractivity contribution in [1.29, 1.82) is 0 Å². The van der Waals surface area contributed by atoms with E-state index in [0.717, 1.165) is 32.1 Å². The normalized spacial score (nSPS) is 27.4. The summed E-state index contributed by atoms with van der Waals surface area (Å²) in [4.78, 5) is 0.245. The van der Waals surface area contributed by atoms with E-state index in [9.17, 15) is 16.8 Å². The number of nitrogens with one attached hydrogen (secondary N) is 2. The Labute approximate surface area is 162 Å². The molecule has 9 heteroatoms. The van der Waals surface area contributed by atoms with Crippen LogP contribution >= 0.6 is 0 Å². The molecule has 0 amide bonds. The van der Waals surface area contributed by atoms with Gasteiger partial charge in [-0.25, -0.2) is 21.1 Å². The fourth-order valence-corrected chi connectivity index (χ4v) is 7.17. The van der Waals surface area contributed by atoms with Gasteiger partial charge in [0.25, 0.3) is 0 Å². The molecule has 1 aromatic carbocycles. The topological polar surface area (TPSA) is 95.6 Å². The monoisotopic (exact) mass is 415 g/mol. The minimum Gasteiger partial charge on any atom is -0.369 e. The molecule has 0 spiro atoms. The first-order chi connectivity index (χ1) is 12.8. The lowest BCUT2D eigenvalue weighted by atomic mass is 9.86. The van der Waals surface area contributed by atoms with Crippen LogP contribution in [0.5, 0.6) is 0 Å². The number of anilines is 1. The van der Waals surface area contributed by atoms with Gasteiger partial charge in [-0.1, -0.05) is 26.2 Å². The fourth-order valence-electron chi connectivity index (χ4n) is 3.96. The molecule has 3 unspecified atom stereocenters. The van der Waals surface area contributed by atoms with Crippen LogP contribution in [0.15, 0.2) is 29.2 Å². The predicted octanol–water partition coefficient (Wildman–Crippen LogP) is 2.34. The van der Waals surface area contributed by atoms with Crippen molar-refractivity contribution in [2.75, 3.05) is 18.9 Å². The highest BCUT2D eigenvalue weighted by Crippen LogP contribution is 2.37. The van der Waals surface area contributed by atoms with Gasteiger partial charge in [0.05, 0.1) is 16.3 Å². The number of sulfonamides is 2. The van der Waals surface area contributed by atoms with Crippen molar-refractivity contribution in [3.8, 4) is 0 Å². The molecule has 1 aliphatic heterocycles. The van der Waals surface area contributed by atoms with Crippen LogP contribution in [-0.2, 0) is 20.0 Å². The summed E-state index contributed by atoms with van der Waals surface area (Å²) in [6, 6.07) is 6.54. The van der Waals surface area contributed by atoms with Gasteiger partial charge in [-0.15, -0.1) is 0 Å². The summed E-state index contributed by atoms with van der Waals surface area (Å²) >= 11 is 0. The molecule has 7 nitrogen and oxygen atoms in total. The zero-order valence-electron chi connectivity index (χ0n) is 15.9. The maximum Gasteiger partial charge on any atom is 0.242 e. The molecule has 152 valence electrons. The second-order valence-electron chi connectivity index (χ2n) is 7.48. The Hall–Kier alpha value is -1.16. The van der Waals surface area contributed by atoms with E-state index in [4.69, 9.17) is 0 Å². The van der Waals surface area contributed by atoms with Crippen LogP contribution in [0.2, 0.25) is 0 Å². The van der Waals surface area contributed by atoms with E-state index in [1.165, 1.54) is 4.31 Å². The van der Waals surface area contributed by atoms with Gasteiger partial charge in [-0.3, -0.25) is 0 Å². The van der Waals surface area contributed by atoms with Crippen LogP contribution < -0.4 is 10.0 Å². The number of fused-ring (bicyclic) bond motifs is 1. The first-order valence-electron chi connectivity index (χ1n) is 9.60. The van der Waals surface area contributed by atoms with Crippen molar-refractivity contribution in [3.05, 3.63) is 24.3 Å². The zero-order chi connectivity index (χ0) is 19.7. The van der Waals surface area contributed by atoms with Gasteiger partial charge in [0.15, 0.2) is 0 Å². The van der Waals surface area contributed by atoms with Gasteiger partial charge >= 0.3 is 0 Å². The molecule has 3 atom stereocenters. The largest absolute Gasteiger partial charge is 0.369 e. The van der Waals surface area contributed by atoms with Crippen molar-refractivity contribution in [3.63, 3.8) is 0 Å². The van der Waals surface area contributed by atoms with Crippen molar-refractivity contribution in [2.24, 2.45) is 5.92 Å². The predicted molar refractivity (Wildman–Crippen MR) is 106 cm³/mol. The summed E-state index contributed by atoms with van der Waals surface area (Å²) in [5, 5.41) is 2.92. The van der Waals surface area contributed by atoms with Crippen molar-refractivity contribution >= 4 is 25.7 Å². The van der Waals surface area contributed by atoms with E-state index in [-0.39, 0.29) is 22.2 Å². The maximum atomic E-state index is 12.6. The third-order valence-electron chi connectivity index (χ3n) is 5.58. The van der Waals surface area contributed by atoms with Crippen molar-refractivity contribution in [2.45, 2.75) is 61.8 Å². The fraction of sp³-hybridized carbons (Fsp3) is 0.667. The molecular formula is C18H29N3O4S2. The van der Waals surface area contributed by atoms with E-state index in [0.29, 0.717) is 18.7 Å². The lowest BCUT2D eigenvalue weighted by Crippen LogP contribution is -2.37. The number of unbranched alkanes of at least 4 members (excludes halogenated alkanes) is 1. The van der Waals surface area contributed by atoms with Crippen LogP contribution in [-0.4, -0.2) is 46.1 Å². The maximum absolute atomic E-state index is 12.6. The molecule has 1 aromatic rings. The molecule has 2 N–H and O–H groups in total. The van der Waals surface area contributed by atoms with Crippen LogP contribution in [0, 0.1) is 5.92 Å². The number of hydrogen-bond donors (Lipinski definition) is 2. The van der Waals surface area contributed by atoms with Crippen LogP contribution in [0.1, 0.15) is 45.4 Å². The summed E-state index contributed by atoms with van der Waals surface area (Å²) in [6.45, 7) is 2.51. The molecule has 1 aliphatic carbocycles. The Morgan fingerprint density at radius 1 is 1.19 bits per heavy atom. The number of benzene rings is 1. The summed E-state index contributed by atoms with van der Waals surface area (Å²) < 4.78 is 53.9. The molecule has 1 saturated heterocycles.